The van der Waals surface area contributed by atoms with Gasteiger partial charge in [-0.1, -0.05) is 0 Å². The van der Waals surface area contributed by atoms with Crippen molar-refractivity contribution < 1.29 is 17.2 Å². The van der Waals surface area contributed by atoms with Crippen LogP contribution in [-0.2, 0) is 10.0 Å². The van der Waals surface area contributed by atoms with Gasteiger partial charge in [-0.2, -0.15) is 0 Å². The number of nitrogens with zero attached hydrogens (tertiary/aromatic N) is 1. The highest BCUT2D eigenvalue weighted by Crippen LogP contribution is 2.22. The Morgan fingerprint density at radius 3 is 2.57 bits per heavy atom. The molecule has 1 aliphatic heterocycles. The van der Waals surface area contributed by atoms with Crippen molar-refractivity contribution in [3.05, 3.63) is 23.8 Å². The number of benzene rings is 1. The minimum atomic E-state index is -4.07. The van der Waals surface area contributed by atoms with Crippen LogP contribution in [0.3, 0.4) is 0 Å². The number of rotatable bonds is 5. The lowest BCUT2D eigenvalue weighted by Crippen LogP contribution is -2.41. The summed E-state index contributed by atoms with van der Waals surface area (Å²) in [7, 11) is -4.07. The summed E-state index contributed by atoms with van der Waals surface area (Å²) >= 11 is 0. The molecule has 0 saturated carbocycles. The van der Waals surface area contributed by atoms with Gasteiger partial charge >= 0.3 is 0 Å². The van der Waals surface area contributed by atoms with Crippen LogP contribution in [0.25, 0.3) is 0 Å². The van der Waals surface area contributed by atoms with E-state index in [0.29, 0.717) is 6.54 Å². The van der Waals surface area contributed by atoms with Gasteiger partial charge in [0.2, 0.25) is 10.0 Å². The van der Waals surface area contributed by atoms with E-state index in [9.17, 15) is 17.2 Å². The van der Waals surface area contributed by atoms with E-state index in [4.69, 9.17) is 5.73 Å². The number of likely N-dealkylation sites (tertiary alicyclic amines) is 1. The maximum absolute atomic E-state index is 13.8. The highest BCUT2D eigenvalue weighted by molar-refractivity contribution is 7.89. The average molecular weight is 319 g/mol. The SMILES string of the molecule is CC(CN1CCCC1)NS(=O)(=O)c1ccc(F)c(N)c1F. The van der Waals surface area contributed by atoms with Crippen LogP contribution >= 0.6 is 0 Å². The molecule has 1 aromatic carbocycles. The van der Waals surface area contributed by atoms with E-state index in [0.717, 1.165) is 38.1 Å². The lowest BCUT2D eigenvalue weighted by atomic mass is 10.3. The molecule has 3 N–H and O–H groups in total. The molecule has 1 aliphatic rings. The van der Waals surface area contributed by atoms with Gasteiger partial charge in [-0.15, -0.1) is 0 Å². The fourth-order valence-electron chi connectivity index (χ4n) is 2.48. The van der Waals surface area contributed by atoms with Gasteiger partial charge < -0.3 is 10.6 Å². The van der Waals surface area contributed by atoms with Crippen molar-refractivity contribution in [2.24, 2.45) is 0 Å². The molecule has 0 amide bonds. The smallest absolute Gasteiger partial charge is 0.243 e. The van der Waals surface area contributed by atoms with Crippen molar-refractivity contribution in [1.82, 2.24) is 9.62 Å². The van der Waals surface area contributed by atoms with Crippen molar-refractivity contribution >= 4 is 15.7 Å². The molecule has 0 bridgehead atoms. The predicted molar refractivity (Wildman–Crippen MR) is 76.2 cm³/mol. The molecule has 21 heavy (non-hydrogen) atoms. The summed E-state index contributed by atoms with van der Waals surface area (Å²) in [5.74, 6) is -2.23. The summed E-state index contributed by atoms with van der Waals surface area (Å²) in [6.07, 6.45) is 2.20. The first-order chi connectivity index (χ1) is 9.81. The molecule has 1 atom stereocenters. The molecular formula is C13H19F2N3O2S. The fourth-order valence-corrected chi connectivity index (χ4v) is 3.80. The Labute approximate surface area is 123 Å². The lowest BCUT2D eigenvalue weighted by Gasteiger charge is -2.21. The van der Waals surface area contributed by atoms with E-state index in [-0.39, 0.29) is 6.04 Å². The zero-order valence-electron chi connectivity index (χ0n) is 11.8. The monoisotopic (exact) mass is 319 g/mol. The van der Waals surface area contributed by atoms with Crippen LogP contribution in [0.1, 0.15) is 19.8 Å². The number of hydrogen-bond acceptors (Lipinski definition) is 4. The first-order valence-corrected chi connectivity index (χ1v) is 8.28. The molecule has 8 heteroatoms. The molecule has 0 aliphatic carbocycles. The number of nitrogen functional groups attached to an aromatic ring is 1. The second-order valence-corrected chi connectivity index (χ2v) is 6.99. The Morgan fingerprint density at radius 2 is 1.95 bits per heavy atom. The molecule has 2 rings (SSSR count). The van der Waals surface area contributed by atoms with Crippen LogP contribution < -0.4 is 10.5 Å². The summed E-state index contributed by atoms with van der Waals surface area (Å²) in [4.78, 5) is 1.51. The van der Waals surface area contributed by atoms with Crippen molar-refractivity contribution in [2.75, 3.05) is 25.4 Å². The van der Waals surface area contributed by atoms with Crippen molar-refractivity contribution in [3.63, 3.8) is 0 Å². The first kappa shape index (κ1) is 16.1. The summed E-state index contributed by atoms with van der Waals surface area (Å²) in [5.41, 5.74) is 4.40. The molecule has 118 valence electrons. The van der Waals surface area contributed by atoms with Crippen molar-refractivity contribution in [2.45, 2.75) is 30.7 Å². The molecule has 1 fully saturated rings. The van der Waals surface area contributed by atoms with Crippen LogP contribution in [0.15, 0.2) is 17.0 Å². The average Bonchev–Trinajstić information content (AvgIpc) is 2.87. The topological polar surface area (TPSA) is 75.4 Å². The largest absolute Gasteiger partial charge is 0.394 e. The third kappa shape index (κ3) is 3.69. The molecule has 1 unspecified atom stereocenters. The minimum absolute atomic E-state index is 0.376. The summed E-state index contributed by atoms with van der Waals surface area (Å²) in [6, 6.07) is 1.35. The fraction of sp³-hybridized carbons (Fsp3) is 0.538. The Morgan fingerprint density at radius 1 is 1.33 bits per heavy atom. The van der Waals surface area contributed by atoms with Crippen molar-refractivity contribution in [3.8, 4) is 0 Å². The standard InChI is InChI=1S/C13H19F2N3O2S/c1-9(8-18-6-2-3-7-18)17-21(19,20)11-5-4-10(14)13(16)12(11)15/h4-5,9,17H,2-3,6-8,16H2,1H3. The lowest BCUT2D eigenvalue weighted by molar-refractivity contribution is 0.312. The summed E-state index contributed by atoms with van der Waals surface area (Å²) < 4.78 is 53.6. The van der Waals surface area contributed by atoms with Crippen molar-refractivity contribution in [1.29, 1.82) is 0 Å². The number of anilines is 1. The van der Waals surface area contributed by atoms with Crippen LogP contribution in [0.2, 0.25) is 0 Å². The van der Waals surface area contributed by atoms with Gasteiger partial charge in [0, 0.05) is 12.6 Å². The molecule has 0 radical (unpaired) electrons. The van der Waals surface area contributed by atoms with Crippen LogP contribution in [0.4, 0.5) is 14.5 Å². The molecule has 0 spiro atoms. The van der Waals surface area contributed by atoms with Gasteiger partial charge in [-0.3, -0.25) is 0 Å². The number of sulfonamides is 1. The Kier molecular flexibility index (Phi) is 4.80. The van der Waals surface area contributed by atoms with Gasteiger partial charge in [-0.05, 0) is 45.0 Å². The summed E-state index contributed by atoms with van der Waals surface area (Å²) in [5, 5.41) is 0. The second-order valence-electron chi connectivity index (χ2n) is 5.30. The normalized spacial score (nSPS) is 18.0. The van der Waals surface area contributed by atoms with Gasteiger partial charge in [0.1, 0.15) is 16.4 Å². The molecule has 1 heterocycles. The molecular weight excluding hydrogens is 300 g/mol. The highest BCUT2D eigenvalue weighted by Gasteiger charge is 2.25. The molecule has 5 nitrogen and oxygen atoms in total. The molecule has 1 saturated heterocycles. The van der Waals surface area contributed by atoms with E-state index in [1.807, 2.05) is 0 Å². The van der Waals surface area contributed by atoms with Crippen LogP contribution in [-0.4, -0.2) is 39.0 Å². The second kappa shape index (κ2) is 6.25. The zero-order chi connectivity index (χ0) is 15.6. The van der Waals surface area contributed by atoms with E-state index >= 15 is 0 Å². The van der Waals surface area contributed by atoms with Gasteiger partial charge in [0.25, 0.3) is 0 Å². The van der Waals surface area contributed by atoms with Gasteiger partial charge in [0.05, 0.1) is 0 Å². The maximum Gasteiger partial charge on any atom is 0.243 e. The quantitative estimate of drug-likeness (QED) is 0.803. The Balaban J connectivity index is 2.12. The van der Waals surface area contributed by atoms with Gasteiger partial charge in [0.15, 0.2) is 5.82 Å². The third-order valence-electron chi connectivity index (χ3n) is 3.47. The number of hydrogen-bond donors (Lipinski definition) is 2. The highest BCUT2D eigenvalue weighted by atomic mass is 32.2. The third-order valence-corrected chi connectivity index (χ3v) is 5.07. The molecule has 0 aromatic heterocycles. The maximum atomic E-state index is 13.8. The van der Waals surface area contributed by atoms with E-state index in [2.05, 4.69) is 9.62 Å². The minimum Gasteiger partial charge on any atom is -0.394 e. The number of nitrogens with one attached hydrogen (secondary N) is 1. The number of halogens is 2. The molecule has 1 aromatic rings. The van der Waals surface area contributed by atoms with Gasteiger partial charge in [-0.25, -0.2) is 21.9 Å². The van der Waals surface area contributed by atoms with E-state index in [1.54, 1.807) is 6.92 Å². The van der Waals surface area contributed by atoms with Crippen LogP contribution in [0, 0.1) is 11.6 Å². The first-order valence-electron chi connectivity index (χ1n) is 6.79. The zero-order valence-corrected chi connectivity index (χ0v) is 12.6. The Hall–Kier alpha value is -1.25. The predicted octanol–water partition coefficient (Wildman–Crippen LogP) is 1.31. The van der Waals surface area contributed by atoms with E-state index in [1.165, 1.54) is 0 Å². The summed E-state index contributed by atoms with van der Waals surface area (Å²) in [6.45, 7) is 4.13. The van der Waals surface area contributed by atoms with Crippen LogP contribution in [0.5, 0.6) is 0 Å². The number of nitrogens with two attached hydrogens (primary N) is 1. The Bertz CT molecular complexity index is 616. The van der Waals surface area contributed by atoms with E-state index < -0.39 is 32.2 Å².